The highest BCUT2D eigenvalue weighted by Gasteiger charge is 2.19. The van der Waals surface area contributed by atoms with Crippen molar-refractivity contribution in [2.75, 3.05) is 6.61 Å². The van der Waals surface area contributed by atoms with Crippen molar-refractivity contribution >= 4 is 10.9 Å². The molecule has 0 radical (unpaired) electrons. The third kappa shape index (κ3) is 3.23. The number of hydrogen-bond acceptors (Lipinski definition) is 5. The second kappa shape index (κ2) is 7.40. The van der Waals surface area contributed by atoms with E-state index in [1.165, 1.54) is 0 Å². The van der Waals surface area contributed by atoms with Crippen LogP contribution in [0.25, 0.3) is 33.4 Å². The molecule has 0 spiro atoms. The molecule has 1 N–H and O–H groups in total. The van der Waals surface area contributed by atoms with E-state index >= 15 is 0 Å². The summed E-state index contributed by atoms with van der Waals surface area (Å²) in [4.78, 5) is 8.99. The quantitative estimate of drug-likeness (QED) is 0.568. The van der Waals surface area contributed by atoms with Gasteiger partial charge in [-0.1, -0.05) is 30.3 Å². The first-order valence-electron chi connectivity index (χ1n) is 9.27. The Morgan fingerprint density at radius 1 is 1.11 bits per heavy atom. The SMILES string of the molecule is CCOc1cc2ncnc(-c3cn(C)nc3-c3ccccc3)c2cc1[C@H](C)O. The van der Waals surface area contributed by atoms with Crippen molar-refractivity contribution in [2.45, 2.75) is 20.0 Å². The molecule has 1 atom stereocenters. The molecule has 2 aromatic carbocycles. The molecule has 6 nitrogen and oxygen atoms in total. The molecule has 0 unspecified atom stereocenters. The van der Waals surface area contributed by atoms with Crippen molar-refractivity contribution in [1.29, 1.82) is 0 Å². The Balaban J connectivity index is 1.97. The van der Waals surface area contributed by atoms with Gasteiger partial charge in [0, 0.05) is 41.4 Å². The molecule has 0 saturated heterocycles. The molecule has 0 aliphatic heterocycles. The van der Waals surface area contributed by atoms with Gasteiger partial charge in [-0.05, 0) is 19.9 Å². The van der Waals surface area contributed by atoms with Gasteiger partial charge in [0.15, 0.2) is 0 Å². The number of rotatable bonds is 5. The largest absolute Gasteiger partial charge is 0.493 e. The average molecular weight is 374 g/mol. The summed E-state index contributed by atoms with van der Waals surface area (Å²) in [5, 5.41) is 15.8. The maximum atomic E-state index is 10.3. The minimum absolute atomic E-state index is 0.518. The third-order valence-corrected chi connectivity index (χ3v) is 4.65. The van der Waals surface area contributed by atoms with Crippen LogP contribution < -0.4 is 4.74 Å². The fourth-order valence-electron chi connectivity index (χ4n) is 3.39. The first-order valence-corrected chi connectivity index (χ1v) is 9.27. The van der Waals surface area contributed by atoms with E-state index in [-0.39, 0.29) is 0 Å². The van der Waals surface area contributed by atoms with Crippen molar-refractivity contribution in [3.05, 3.63) is 60.6 Å². The number of aliphatic hydroxyl groups is 1. The van der Waals surface area contributed by atoms with Gasteiger partial charge in [-0.3, -0.25) is 4.68 Å². The Bertz CT molecular complexity index is 1120. The standard InChI is InChI=1S/C22H22N4O2/c1-4-28-20-11-19-17(10-16(20)14(2)27)22(24-13-23-19)18-12-26(3)25-21(18)15-8-6-5-7-9-15/h5-14,27H,4H2,1-3H3/t14-/m0/s1. The van der Waals surface area contributed by atoms with E-state index in [0.29, 0.717) is 12.4 Å². The van der Waals surface area contributed by atoms with Crippen molar-refractivity contribution in [2.24, 2.45) is 7.05 Å². The van der Waals surface area contributed by atoms with Crippen molar-refractivity contribution in [1.82, 2.24) is 19.7 Å². The zero-order valence-electron chi connectivity index (χ0n) is 16.1. The first-order chi connectivity index (χ1) is 13.6. The van der Waals surface area contributed by atoms with E-state index in [2.05, 4.69) is 15.1 Å². The van der Waals surface area contributed by atoms with Crippen LogP contribution in [-0.2, 0) is 7.05 Å². The van der Waals surface area contributed by atoms with Crippen LogP contribution >= 0.6 is 0 Å². The third-order valence-electron chi connectivity index (χ3n) is 4.65. The summed E-state index contributed by atoms with van der Waals surface area (Å²) >= 11 is 0. The second-order valence-corrected chi connectivity index (χ2v) is 6.67. The van der Waals surface area contributed by atoms with Crippen LogP contribution in [0.15, 0.2) is 55.0 Å². The fourth-order valence-corrected chi connectivity index (χ4v) is 3.39. The molecule has 28 heavy (non-hydrogen) atoms. The summed E-state index contributed by atoms with van der Waals surface area (Å²) in [6.07, 6.45) is 2.85. The predicted molar refractivity (Wildman–Crippen MR) is 109 cm³/mol. The Hall–Kier alpha value is -3.25. The molecule has 0 fully saturated rings. The van der Waals surface area contributed by atoms with Gasteiger partial charge in [-0.2, -0.15) is 5.10 Å². The van der Waals surface area contributed by atoms with Crippen molar-refractivity contribution < 1.29 is 9.84 Å². The molecule has 2 aromatic heterocycles. The number of aryl methyl sites for hydroxylation is 1. The minimum atomic E-state index is -0.665. The van der Waals surface area contributed by atoms with Crippen LogP contribution in [0.2, 0.25) is 0 Å². The first kappa shape index (κ1) is 18.1. The molecular weight excluding hydrogens is 352 g/mol. The number of fused-ring (bicyclic) bond motifs is 1. The van der Waals surface area contributed by atoms with Crippen LogP contribution in [0.3, 0.4) is 0 Å². The number of benzene rings is 2. The molecule has 0 saturated carbocycles. The molecule has 0 amide bonds. The van der Waals surface area contributed by atoms with Gasteiger partial charge in [0.2, 0.25) is 0 Å². The van der Waals surface area contributed by atoms with Crippen molar-refractivity contribution in [3.63, 3.8) is 0 Å². The number of nitrogens with zero attached hydrogens (tertiary/aromatic N) is 4. The smallest absolute Gasteiger partial charge is 0.127 e. The molecule has 4 aromatic rings. The lowest BCUT2D eigenvalue weighted by Crippen LogP contribution is -2.01. The van der Waals surface area contributed by atoms with Crippen LogP contribution in [0.1, 0.15) is 25.5 Å². The highest BCUT2D eigenvalue weighted by atomic mass is 16.5. The Kier molecular flexibility index (Phi) is 4.79. The highest BCUT2D eigenvalue weighted by Crippen LogP contribution is 2.37. The average Bonchev–Trinajstić information content (AvgIpc) is 3.09. The van der Waals surface area contributed by atoms with Crippen LogP contribution in [0.4, 0.5) is 0 Å². The van der Waals surface area contributed by atoms with Gasteiger partial charge in [0.05, 0.1) is 23.9 Å². The van der Waals surface area contributed by atoms with Gasteiger partial charge in [0.25, 0.3) is 0 Å². The molecule has 0 aliphatic carbocycles. The van der Waals surface area contributed by atoms with Crippen LogP contribution in [0, 0.1) is 0 Å². The van der Waals surface area contributed by atoms with E-state index in [1.807, 2.05) is 62.6 Å². The molecule has 0 aliphatic rings. The molecule has 0 bridgehead atoms. The van der Waals surface area contributed by atoms with Gasteiger partial charge >= 0.3 is 0 Å². The number of aliphatic hydroxyl groups excluding tert-OH is 1. The normalized spacial score (nSPS) is 12.3. The molecule has 4 rings (SSSR count). The predicted octanol–water partition coefficient (Wildman–Crippen LogP) is 4.15. The van der Waals surface area contributed by atoms with Gasteiger partial charge in [-0.15, -0.1) is 0 Å². The Morgan fingerprint density at radius 2 is 1.89 bits per heavy atom. The maximum Gasteiger partial charge on any atom is 0.127 e. The summed E-state index contributed by atoms with van der Waals surface area (Å²) in [6.45, 7) is 4.17. The maximum absolute atomic E-state index is 10.3. The minimum Gasteiger partial charge on any atom is -0.493 e. The topological polar surface area (TPSA) is 73.1 Å². The molecule has 142 valence electrons. The van der Waals surface area contributed by atoms with E-state index in [0.717, 1.165) is 39.0 Å². The number of ether oxygens (including phenoxy) is 1. The zero-order chi connectivity index (χ0) is 19.7. The van der Waals surface area contributed by atoms with Gasteiger partial charge in [0.1, 0.15) is 17.8 Å². The van der Waals surface area contributed by atoms with Gasteiger partial charge in [-0.25, -0.2) is 9.97 Å². The highest BCUT2D eigenvalue weighted by molar-refractivity contribution is 5.96. The Morgan fingerprint density at radius 3 is 2.61 bits per heavy atom. The summed E-state index contributed by atoms with van der Waals surface area (Å²) in [7, 11) is 1.90. The van der Waals surface area contributed by atoms with Crippen LogP contribution in [-0.4, -0.2) is 31.5 Å². The second-order valence-electron chi connectivity index (χ2n) is 6.67. The lowest BCUT2D eigenvalue weighted by Gasteiger charge is -2.15. The van der Waals surface area contributed by atoms with Crippen molar-refractivity contribution in [3.8, 4) is 28.3 Å². The Labute approximate surface area is 163 Å². The van der Waals surface area contributed by atoms with E-state index in [1.54, 1.807) is 17.9 Å². The number of hydrogen-bond donors (Lipinski definition) is 1. The number of aromatic nitrogens is 4. The van der Waals surface area contributed by atoms with E-state index in [4.69, 9.17) is 4.74 Å². The summed E-state index contributed by atoms with van der Waals surface area (Å²) < 4.78 is 7.50. The lowest BCUT2D eigenvalue weighted by molar-refractivity contribution is 0.192. The monoisotopic (exact) mass is 374 g/mol. The van der Waals surface area contributed by atoms with Gasteiger partial charge < -0.3 is 9.84 Å². The molecular formula is C22H22N4O2. The zero-order valence-corrected chi connectivity index (χ0v) is 16.1. The lowest BCUT2D eigenvalue weighted by atomic mass is 10.00. The molecule has 6 heteroatoms. The van der Waals surface area contributed by atoms with Crippen LogP contribution in [0.5, 0.6) is 5.75 Å². The van der Waals surface area contributed by atoms with E-state index in [9.17, 15) is 5.11 Å². The van der Waals surface area contributed by atoms with E-state index < -0.39 is 6.10 Å². The summed E-state index contributed by atoms with van der Waals surface area (Å²) in [5.74, 6) is 0.643. The summed E-state index contributed by atoms with van der Waals surface area (Å²) in [6, 6.07) is 13.8. The fraction of sp³-hybridized carbons (Fsp3) is 0.227. The molecule has 2 heterocycles. The summed E-state index contributed by atoms with van der Waals surface area (Å²) in [5.41, 5.74) is 5.06.